The van der Waals surface area contributed by atoms with Crippen LogP contribution < -0.4 is 0 Å². The SMILES string of the molecule is CC1C(=O)CC(=O)OC12CCCC2. The first-order valence-electron chi connectivity index (χ1n) is 4.89. The summed E-state index contributed by atoms with van der Waals surface area (Å²) in [4.78, 5) is 22.6. The van der Waals surface area contributed by atoms with Crippen LogP contribution in [0, 0.1) is 5.92 Å². The van der Waals surface area contributed by atoms with E-state index < -0.39 is 5.60 Å². The van der Waals surface area contributed by atoms with Crippen LogP contribution in [0.15, 0.2) is 0 Å². The average Bonchev–Trinajstić information content (AvgIpc) is 2.50. The summed E-state index contributed by atoms with van der Waals surface area (Å²) >= 11 is 0. The molecule has 2 rings (SSSR count). The summed E-state index contributed by atoms with van der Waals surface area (Å²) in [5, 5.41) is 0. The zero-order valence-electron chi connectivity index (χ0n) is 7.84. The molecule has 0 amide bonds. The molecule has 1 spiro atoms. The van der Waals surface area contributed by atoms with E-state index in [-0.39, 0.29) is 24.1 Å². The summed E-state index contributed by atoms with van der Waals surface area (Å²) in [6.45, 7) is 1.89. The third-order valence-corrected chi connectivity index (χ3v) is 3.36. The molecule has 3 heteroatoms. The van der Waals surface area contributed by atoms with Crippen LogP contribution in [-0.4, -0.2) is 17.4 Å². The molecule has 1 atom stereocenters. The van der Waals surface area contributed by atoms with Gasteiger partial charge in [0.2, 0.25) is 0 Å². The Kier molecular flexibility index (Phi) is 1.90. The summed E-state index contributed by atoms with van der Waals surface area (Å²) in [5.74, 6) is -0.365. The Morgan fingerprint density at radius 1 is 1.31 bits per heavy atom. The highest BCUT2D eigenvalue weighted by atomic mass is 16.6. The van der Waals surface area contributed by atoms with Crippen molar-refractivity contribution in [3.05, 3.63) is 0 Å². The van der Waals surface area contributed by atoms with E-state index in [0.717, 1.165) is 25.7 Å². The maximum Gasteiger partial charge on any atom is 0.313 e. The van der Waals surface area contributed by atoms with Crippen molar-refractivity contribution in [2.45, 2.75) is 44.6 Å². The molecule has 0 aromatic heterocycles. The Hall–Kier alpha value is -0.860. The number of Topliss-reactive ketones (excluding diaryl/α,β-unsaturated/α-hetero) is 1. The number of esters is 1. The second kappa shape index (κ2) is 2.82. The van der Waals surface area contributed by atoms with Crippen LogP contribution in [0.3, 0.4) is 0 Å². The van der Waals surface area contributed by atoms with Gasteiger partial charge in [-0.3, -0.25) is 9.59 Å². The Labute approximate surface area is 77.4 Å². The van der Waals surface area contributed by atoms with Gasteiger partial charge in [0.25, 0.3) is 0 Å². The van der Waals surface area contributed by atoms with Crippen molar-refractivity contribution in [2.24, 2.45) is 5.92 Å². The molecule has 0 bridgehead atoms. The smallest absolute Gasteiger partial charge is 0.313 e. The lowest BCUT2D eigenvalue weighted by Crippen LogP contribution is -2.47. The van der Waals surface area contributed by atoms with E-state index >= 15 is 0 Å². The monoisotopic (exact) mass is 182 g/mol. The molecule has 1 heterocycles. The fourth-order valence-corrected chi connectivity index (χ4v) is 2.45. The number of carbonyl (C=O) groups is 2. The Bertz CT molecular complexity index is 251. The van der Waals surface area contributed by atoms with Crippen LogP contribution in [0.4, 0.5) is 0 Å². The van der Waals surface area contributed by atoms with Crippen LogP contribution in [0.5, 0.6) is 0 Å². The first kappa shape index (κ1) is 8.73. The maximum atomic E-state index is 11.5. The summed E-state index contributed by atoms with van der Waals surface area (Å²) in [5.41, 5.74) is -0.424. The summed E-state index contributed by atoms with van der Waals surface area (Å²) in [6.07, 6.45) is 3.86. The van der Waals surface area contributed by atoms with Gasteiger partial charge in [-0.25, -0.2) is 0 Å². The third kappa shape index (κ3) is 1.26. The fourth-order valence-electron chi connectivity index (χ4n) is 2.45. The molecule has 1 saturated carbocycles. The van der Waals surface area contributed by atoms with Gasteiger partial charge in [0.05, 0.1) is 5.92 Å². The van der Waals surface area contributed by atoms with Gasteiger partial charge in [-0.15, -0.1) is 0 Å². The Morgan fingerprint density at radius 2 is 1.92 bits per heavy atom. The van der Waals surface area contributed by atoms with Crippen molar-refractivity contribution in [3.8, 4) is 0 Å². The first-order chi connectivity index (χ1) is 6.14. The minimum atomic E-state index is -0.424. The molecule has 0 aromatic carbocycles. The molecule has 0 radical (unpaired) electrons. The minimum absolute atomic E-state index is 0.0249. The Morgan fingerprint density at radius 3 is 2.54 bits per heavy atom. The van der Waals surface area contributed by atoms with Gasteiger partial charge in [0, 0.05) is 0 Å². The van der Waals surface area contributed by atoms with E-state index in [1.54, 1.807) is 0 Å². The highest BCUT2D eigenvalue weighted by Gasteiger charge is 2.49. The molecule has 2 aliphatic rings. The minimum Gasteiger partial charge on any atom is -0.458 e. The molecular formula is C10H14O3. The molecule has 13 heavy (non-hydrogen) atoms. The van der Waals surface area contributed by atoms with Crippen molar-refractivity contribution in [1.82, 2.24) is 0 Å². The van der Waals surface area contributed by atoms with Crippen LogP contribution in [-0.2, 0) is 14.3 Å². The number of ketones is 1. The lowest BCUT2D eigenvalue weighted by molar-refractivity contribution is -0.177. The number of hydrogen-bond donors (Lipinski definition) is 0. The van der Waals surface area contributed by atoms with Gasteiger partial charge in [-0.05, 0) is 25.7 Å². The lowest BCUT2D eigenvalue weighted by atomic mass is 9.81. The highest BCUT2D eigenvalue weighted by Crippen LogP contribution is 2.42. The van der Waals surface area contributed by atoms with E-state index in [9.17, 15) is 9.59 Å². The van der Waals surface area contributed by atoms with Crippen molar-refractivity contribution < 1.29 is 14.3 Å². The first-order valence-corrected chi connectivity index (χ1v) is 4.89. The normalized spacial score (nSPS) is 32.2. The standard InChI is InChI=1S/C10H14O3/c1-7-8(11)6-9(12)13-10(7)4-2-3-5-10/h7H,2-6H2,1H3. The zero-order chi connectivity index (χ0) is 9.47. The highest BCUT2D eigenvalue weighted by molar-refractivity contribution is 5.99. The molecule has 1 aliphatic heterocycles. The van der Waals surface area contributed by atoms with Crippen molar-refractivity contribution in [1.29, 1.82) is 0 Å². The maximum absolute atomic E-state index is 11.5. The second-order valence-corrected chi connectivity index (χ2v) is 4.11. The summed E-state index contributed by atoms with van der Waals surface area (Å²) in [6, 6.07) is 0. The van der Waals surface area contributed by atoms with Crippen LogP contribution in [0.25, 0.3) is 0 Å². The molecule has 1 saturated heterocycles. The van der Waals surface area contributed by atoms with E-state index in [0.29, 0.717) is 0 Å². The Balaban J connectivity index is 2.25. The fraction of sp³-hybridized carbons (Fsp3) is 0.800. The quantitative estimate of drug-likeness (QED) is 0.420. The molecule has 2 fully saturated rings. The second-order valence-electron chi connectivity index (χ2n) is 4.11. The lowest BCUT2D eigenvalue weighted by Gasteiger charge is -2.37. The molecule has 1 unspecified atom stereocenters. The predicted molar refractivity (Wildman–Crippen MR) is 46.1 cm³/mol. The predicted octanol–water partition coefficient (Wildman–Crippen LogP) is 1.45. The third-order valence-electron chi connectivity index (χ3n) is 3.36. The van der Waals surface area contributed by atoms with Crippen molar-refractivity contribution >= 4 is 11.8 Å². The van der Waals surface area contributed by atoms with Gasteiger partial charge in [0.1, 0.15) is 12.0 Å². The summed E-state index contributed by atoms with van der Waals surface area (Å²) < 4.78 is 5.36. The zero-order valence-corrected chi connectivity index (χ0v) is 7.84. The number of ether oxygens (including phenoxy) is 1. The number of rotatable bonds is 0. The molecular weight excluding hydrogens is 168 g/mol. The van der Waals surface area contributed by atoms with E-state index in [1.807, 2.05) is 6.92 Å². The molecule has 0 aromatic rings. The van der Waals surface area contributed by atoms with Gasteiger partial charge >= 0.3 is 5.97 Å². The van der Waals surface area contributed by atoms with Crippen molar-refractivity contribution in [3.63, 3.8) is 0 Å². The molecule has 1 aliphatic carbocycles. The summed E-state index contributed by atoms with van der Waals surface area (Å²) in [7, 11) is 0. The molecule has 3 nitrogen and oxygen atoms in total. The number of hydrogen-bond acceptors (Lipinski definition) is 3. The largest absolute Gasteiger partial charge is 0.458 e. The van der Waals surface area contributed by atoms with E-state index in [2.05, 4.69) is 0 Å². The average molecular weight is 182 g/mol. The van der Waals surface area contributed by atoms with Crippen LogP contribution in [0.2, 0.25) is 0 Å². The van der Waals surface area contributed by atoms with E-state index in [1.165, 1.54) is 0 Å². The van der Waals surface area contributed by atoms with Gasteiger partial charge < -0.3 is 4.74 Å². The van der Waals surface area contributed by atoms with E-state index in [4.69, 9.17) is 4.74 Å². The molecule has 72 valence electrons. The molecule has 0 N–H and O–H groups in total. The van der Waals surface area contributed by atoms with Crippen molar-refractivity contribution in [2.75, 3.05) is 0 Å². The van der Waals surface area contributed by atoms with Crippen LogP contribution in [0.1, 0.15) is 39.0 Å². The van der Waals surface area contributed by atoms with Gasteiger partial charge in [-0.2, -0.15) is 0 Å². The van der Waals surface area contributed by atoms with Gasteiger partial charge in [0.15, 0.2) is 5.78 Å². The topological polar surface area (TPSA) is 43.4 Å². The van der Waals surface area contributed by atoms with Gasteiger partial charge in [-0.1, -0.05) is 6.92 Å². The van der Waals surface area contributed by atoms with Crippen LogP contribution >= 0.6 is 0 Å². The number of carbonyl (C=O) groups excluding carboxylic acids is 2.